The summed E-state index contributed by atoms with van der Waals surface area (Å²) in [4.78, 5) is 62.2. The molecule has 1 aliphatic heterocycles. The first-order chi connectivity index (χ1) is 32.1. The number of phenols is 1. The minimum atomic E-state index is -0.910. The molecule has 13 heteroatoms. The Balaban J connectivity index is 0.924. The second-order valence-corrected chi connectivity index (χ2v) is 19.2. The van der Waals surface area contributed by atoms with Gasteiger partial charge in [-0.2, -0.15) is 0 Å². The van der Waals surface area contributed by atoms with Gasteiger partial charge < -0.3 is 35.4 Å². The molecule has 12 nitrogen and oxygen atoms in total. The van der Waals surface area contributed by atoms with Crippen LogP contribution < -0.4 is 15.4 Å². The van der Waals surface area contributed by atoms with Crippen LogP contribution in [0.5, 0.6) is 11.5 Å². The van der Waals surface area contributed by atoms with E-state index in [-0.39, 0.29) is 49.4 Å². The SMILES string of the molecule is CC/C(=C(/c1ccc(O)cc1)c1ccc(OCCN(C)C(=O)CCCCCC(=O)N[C@H](C(=O)N2C[C@H](O)C[C@H]2C(=O)NCc2ccc(-c3scnc3C)cc2)C(C)(C)C)cc1)c1ccccc1. The number of allylic oxidation sites excluding steroid dienone is 1. The summed E-state index contributed by atoms with van der Waals surface area (Å²) in [5, 5.41) is 26.4. The summed E-state index contributed by atoms with van der Waals surface area (Å²) in [6.07, 6.45) is 2.39. The molecule has 0 spiro atoms. The molecule has 4 N–H and O–H groups in total. The van der Waals surface area contributed by atoms with Crippen LogP contribution in [-0.4, -0.2) is 93.6 Å². The number of phenolic OH excluding ortho intramolecular Hbond substituents is 1. The van der Waals surface area contributed by atoms with Gasteiger partial charge in [-0.15, -0.1) is 11.3 Å². The Hall–Kier alpha value is -6.31. The maximum absolute atomic E-state index is 14.0. The van der Waals surface area contributed by atoms with Crippen LogP contribution in [-0.2, 0) is 25.7 Å². The summed E-state index contributed by atoms with van der Waals surface area (Å²) in [5.74, 6) is -0.145. The number of aromatic hydroxyl groups is 1. The van der Waals surface area contributed by atoms with Crippen molar-refractivity contribution in [3.05, 3.63) is 137 Å². The van der Waals surface area contributed by atoms with E-state index in [2.05, 4.69) is 34.7 Å². The molecule has 2 heterocycles. The predicted molar refractivity (Wildman–Crippen MR) is 265 cm³/mol. The number of thiazole rings is 1. The third-order valence-electron chi connectivity index (χ3n) is 12.2. The largest absolute Gasteiger partial charge is 0.508 e. The molecular formula is C54H65N5O7S. The van der Waals surface area contributed by atoms with Crippen molar-refractivity contribution in [3.8, 4) is 21.9 Å². The zero-order valence-corrected chi connectivity index (χ0v) is 40.4. The van der Waals surface area contributed by atoms with Crippen molar-refractivity contribution in [3.63, 3.8) is 0 Å². The number of ether oxygens (including phenoxy) is 1. The van der Waals surface area contributed by atoms with E-state index in [1.165, 1.54) is 10.5 Å². The van der Waals surface area contributed by atoms with Crippen molar-refractivity contribution in [1.29, 1.82) is 0 Å². The third kappa shape index (κ3) is 13.6. The molecule has 1 fully saturated rings. The molecule has 0 saturated carbocycles. The van der Waals surface area contributed by atoms with E-state index in [1.54, 1.807) is 35.4 Å². The van der Waals surface area contributed by atoms with Crippen molar-refractivity contribution < 1.29 is 34.1 Å². The lowest BCUT2D eigenvalue weighted by Gasteiger charge is -2.35. The number of rotatable bonds is 20. The number of aliphatic hydroxyl groups excluding tert-OH is 1. The van der Waals surface area contributed by atoms with Gasteiger partial charge in [-0.3, -0.25) is 19.2 Å². The number of β-amino-alcohol motifs (C(OH)–C–C–N with tert-alkyl or cyclic N) is 1. The van der Waals surface area contributed by atoms with E-state index < -0.39 is 29.5 Å². The number of likely N-dealkylation sites (N-methyl/N-ethyl adjacent to an activating group) is 1. The minimum Gasteiger partial charge on any atom is -0.508 e. The molecule has 1 saturated heterocycles. The third-order valence-corrected chi connectivity index (χ3v) is 13.2. The molecule has 1 aliphatic rings. The molecule has 3 atom stereocenters. The number of aliphatic hydroxyl groups is 1. The van der Waals surface area contributed by atoms with Crippen LogP contribution in [0.3, 0.4) is 0 Å². The monoisotopic (exact) mass is 927 g/mol. The lowest BCUT2D eigenvalue weighted by Crippen LogP contribution is -2.57. The molecule has 0 unspecified atom stereocenters. The van der Waals surface area contributed by atoms with E-state index in [1.807, 2.05) is 112 Å². The Morgan fingerprint density at radius 1 is 0.881 bits per heavy atom. The van der Waals surface area contributed by atoms with Gasteiger partial charge >= 0.3 is 0 Å². The number of carbonyl (C=O) groups excluding carboxylic acids is 4. The van der Waals surface area contributed by atoms with E-state index in [0.29, 0.717) is 44.6 Å². The van der Waals surface area contributed by atoms with Crippen molar-refractivity contribution in [2.24, 2.45) is 5.41 Å². The highest BCUT2D eigenvalue weighted by Gasteiger charge is 2.44. The van der Waals surface area contributed by atoms with Crippen LogP contribution in [0.25, 0.3) is 21.6 Å². The van der Waals surface area contributed by atoms with Crippen molar-refractivity contribution in [2.75, 3.05) is 26.7 Å². The van der Waals surface area contributed by atoms with Gasteiger partial charge in [0, 0.05) is 39.4 Å². The van der Waals surface area contributed by atoms with E-state index in [0.717, 1.165) is 50.4 Å². The van der Waals surface area contributed by atoms with Gasteiger partial charge in [0.15, 0.2) is 0 Å². The Morgan fingerprint density at radius 2 is 1.54 bits per heavy atom. The first kappa shape index (κ1) is 50.1. The predicted octanol–water partition coefficient (Wildman–Crippen LogP) is 8.79. The zero-order chi connectivity index (χ0) is 48.1. The number of amides is 4. The van der Waals surface area contributed by atoms with Crippen LogP contribution in [0.4, 0.5) is 0 Å². The van der Waals surface area contributed by atoms with Crippen LogP contribution in [0.1, 0.15) is 101 Å². The summed E-state index contributed by atoms with van der Waals surface area (Å²) < 4.78 is 6.05. The molecule has 4 aromatic carbocycles. The highest BCUT2D eigenvalue weighted by Crippen LogP contribution is 2.36. The van der Waals surface area contributed by atoms with Crippen molar-refractivity contribution in [1.82, 2.24) is 25.4 Å². The lowest BCUT2D eigenvalue weighted by molar-refractivity contribution is -0.144. The molecule has 0 aliphatic carbocycles. The number of aromatic nitrogens is 1. The van der Waals surface area contributed by atoms with E-state index in [4.69, 9.17) is 4.74 Å². The van der Waals surface area contributed by atoms with Crippen molar-refractivity contribution >= 4 is 46.1 Å². The summed E-state index contributed by atoms with van der Waals surface area (Å²) in [6.45, 7) is 10.7. The van der Waals surface area contributed by atoms with Gasteiger partial charge in [0.25, 0.3) is 0 Å². The smallest absolute Gasteiger partial charge is 0.246 e. The zero-order valence-electron chi connectivity index (χ0n) is 39.6. The van der Waals surface area contributed by atoms with Gasteiger partial charge in [0.1, 0.15) is 30.2 Å². The van der Waals surface area contributed by atoms with Gasteiger partial charge in [-0.25, -0.2) is 4.98 Å². The van der Waals surface area contributed by atoms with E-state index in [9.17, 15) is 29.4 Å². The molecule has 5 aromatic rings. The van der Waals surface area contributed by atoms with Crippen LogP contribution in [0.2, 0.25) is 0 Å². The number of hydrogen-bond donors (Lipinski definition) is 4. The average Bonchev–Trinajstić information content (AvgIpc) is 3.94. The molecule has 0 bridgehead atoms. The van der Waals surface area contributed by atoms with Gasteiger partial charge in [0.05, 0.1) is 28.7 Å². The number of nitrogens with zero attached hydrogens (tertiary/aromatic N) is 3. The highest BCUT2D eigenvalue weighted by molar-refractivity contribution is 7.13. The van der Waals surface area contributed by atoms with Gasteiger partial charge in [-0.1, -0.05) is 113 Å². The Bertz CT molecular complexity index is 2460. The molecule has 6 rings (SSSR count). The van der Waals surface area contributed by atoms with Gasteiger partial charge in [-0.05, 0) is 94.8 Å². The molecule has 67 heavy (non-hydrogen) atoms. The maximum Gasteiger partial charge on any atom is 0.246 e. The fourth-order valence-corrected chi connectivity index (χ4v) is 9.21. The number of aryl methyl sites for hydroxylation is 1. The fourth-order valence-electron chi connectivity index (χ4n) is 8.39. The number of likely N-dealkylation sites (tertiary alicyclic amines) is 1. The standard InChI is InChI=1S/C54H65N5O7S/c1-7-45(38-14-10-8-11-15-38)49(39-22-26-42(60)27-23-39)40-24-28-44(29-25-40)66-31-30-58(6)48(63)17-13-9-12-16-47(62)57-51(54(3,4)5)53(65)59-34-43(61)32-46(59)52(64)55-33-37-18-20-41(21-19-37)50-36(2)56-35-67-50/h8,10-11,14-15,18-29,35,43,46,51,60-61H,7,9,12-13,16-17,30-34H2,1-6H3,(H,55,64)(H,57,62)/b49-45+/t43-,46+,51-/m1/s1. The second kappa shape index (κ2) is 23.4. The first-order valence-corrected chi connectivity index (χ1v) is 24.1. The summed E-state index contributed by atoms with van der Waals surface area (Å²) in [5.41, 5.74) is 9.52. The summed E-state index contributed by atoms with van der Waals surface area (Å²) in [6, 6.07) is 31.6. The summed E-state index contributed by atoms with van der Waals surface area (Å²) in [7, 11) is 1.76. The number of carbonyl (C=O) groups is 4. The first-order valence-electron chi connectivity index (χ1n) is 23.2. The van der Waals surface area contributed by atoms with E-state index >= 15 is 0 Å². The van der Waals surface area contributed by atoms with Crippen LogP contribution in [0, 0.1) is 12.3 Å². The lowest BCUT2D eigenvalue weighted by atomic mass is 9.85. The molecule has 0 radical (unpaired) electrons. The maximum atomic E-state index is 14.0. The quantitative estimate of drug-likeness (QED) is 0.0445. The highest BCUT2D eigenvalue weighted by atomic mass is 32.1. The number of nitrogens with one attached hydrogen (secondary N) is 2. The van der Waals surface area contributed by atoms with Crippen molar-refractivity contribution in [2.45, 2.75) is 104 Å². The summed E-state index contributed by atoms with van der Waals surface area (Å²) >= 11 is 1.58. The molecule has 354 valence electrons. The van der Waals surface area contributed by atoms with Crippen LogP contribution >= 0.6 is 11.3 Å². The molecule has 1 aromatic heterocycles. The Labute approximate surface area is 399 Å². The van der Waals surface area contributed by atoms with Crippen LogP contribution in [0.15, 0.2) is 109 Å². The Kier molecular flexibility index (Phi) is 17.5. The topological polar surface area (TPSA) is 161 Å². The van der Waals surface area contributed by atoms with Gasteiger partial charge in [0.2, 0.25) is 23.6 Å². The number of hydrogen-bond acceptors (Lipinski definition) is 9. The fraction of sp³-hybridized carbons (Fsp3) is 0.389. The number of unbranched alkanes of at least 4 members (excludes halogenated alkanes) is 2. The number of benzene rings is 4. The average molecular weight is 928 g/mol. The normalized spacial score (nSPS) is 15.7. The Morgan fingerprint density at radius 3 is 2.16 bits per heavy atom. The molecular weight excluding hydrogens is 863 g/mol. The second-order valence-electron chi connectivity index (χ2n) is 18.3. The minimum absolute atomic E-state index is 0.000945. The molecule has 4 amide bonds.